The topological polar surface area (TPSA) is 83.3 Å². The van der Waals surface area contributed by atoms with Crippen molar-refractivity contribution in [3.8, 4) is 0 Å². The molecule has 6 nitrogen and oxygen atoms in total. The molecule has 0 bridgehead atoms. The number of carbonyl (C=O) groups excluding carboxylic acids is 2. The fourth-order valence-electron chi connectivity index (χ4n) is 4.62. The van der Waals surface area contributed by atoms with Crippen LogP contribution in [-0.2, 0) is 19.1 Å². The van der Waals surface area contributed by atoms with Crippen molar-refractivity contribution in [2.75, 3.05) is 0 Å². The molecular formula is C19H30N2O4. The molecule has 25 heavy (non-hydrogen) atoms. The molecule has 2 aliphatic carbocycles. The number of nitrogens with one attached hydrogen (secondary N) is 2. The monoisotopic (exact) mass is 350 g/mol. The Balaban J connectivity index is 1.28. The third-order valence-electron chi connectivity index (χ3n) is 6.66. The van der Waals surface area contributed by atoms with Gasteiger partial charge in [-0.15, -0.1) is 0 Å². The number of carbonyl (C=O) groups is 2. The van der Waals surface area contributed by atoms with E-state index in [0.717, 1.165) is 38.5 Å². The molecule has 4 rings (SSSR count). The maximum Gasteiger partial charge on any atom is 0.224 e. The van der Waals surface area contributed by atoms with Crippen molar-refractivity contribution >= 4 is 11.8 Å². The van der Waals surface area contributed by atoms with Crippen LogP contribution in [0.15, 0.2) is 0 Å². The van der Waals surface area contributed by atoms with Crippen LogP contribution in [0.2, 0.25) is 0 Å². The molecule has 4 aliphatic rings. The zero-order valence-electron chi connectivity index (χ0n) is 15.7. The first-order valence-electron chi connectivity index (χ1n) is 9.60. The lowest BCUT2D eigenvalue weighted by molar-refractivity contribution is -0.131. The summed E-state index contributed by atoms with van der Waals surface area (Å²) in [5.41, 5.74) is -0.716. The number of epoxide rings is 2. The molecule has 0 aromatic rings. The van der Waals surface area contributed by atoms with Crippen LogP contribution in [-0.4, -0.2) is 40.9 Å². The Morgan fingerprint density at radius 3 is 1.64 bits per heavy atom. The van der Waals surface area contributed by atoms with Gasteiger partial charge >= 0.3 is 0 Å². The van der Waals surface area contributed by atoms with E-state index in [1.165, 1.54) is 0 Å². The highest BCUT2D eigenvalue weighted by molar-refractivity contribution is 5.83. The van der Waals surface area contributed by atoms with E-state index in [2.05, 4.69) is 24.5 Å². The Kier molecular flexibility index (Phi) is 3.75. The third kappa shape index (κ3) is 3.31. The van der Waals surface area contributed by atoms with E-state index in [-0.39, 0.29) is 47.1 Å². The lowest BCUT2D eigenvalue weighted by Gasteiger charge is -2.33. The van der Waals surface area contributed by atoms with E-state index in [4.69, 9.17) is 9.47 Å². The third-order valence-corrected chi connectivity index (χ3v) is 6.66. The molecule has 6 atom stereocenters. The van der Waals surface area contributed by atoms with Gasteiger partial charge in [0.25, 0.3) is 0 Å². The smallest absolute Gasteiger partial charge is 0.224 e. The first-order chi connectivity index (χ1) is 11.6. The molecule has 0 spiro atoms. The Hall–Kier alpha value is -1.14. The standard InChI is InChI=1S/C19H30N2O4/c1-17(2,20-15(22)11-5-7-18(3)13(9-11)24-18)21-16(23)12-6-8-19(4)14(10-12)25-19/h11-14H,5-10H2,1-4H3,(H,20,22)(H,21,23). The second kappa shape index (κ2) is 5.43. The van der Waals surface area contributed by atoms with Gasteiger partial charge in [0, 0.05) is 11.8 Å². The van der Waals surface area contributed by atoms with Crippen molar-refractivity contribution in [2.45, 2.75) is 95.3 Å². The lowest BCUT2D eigenvalue weighted by Crippen LogP contribution is -2.59. The molecule has 2 saturated heterocycles. The van der Waals surface area contributed by atoms with E-state index in [0.29, 0.717) is 0 Å². The van der Waals surface area contributed by atoms with Crippen LogP contribution in [0.1, 0.15) is 66.2 Å². The van der Waals surface area contributed by atoms with Crippen molar-refractivity contribution in [3.63, 3.8) is 0 Å². The first kappa shape index (κ1) is 17.3. The summed E-state index contributed by atoms with van der Waals surface area (Å²) in [5, 5.41) is 6.04. The fraction of sp³-hybridized carbons (Fsp3) is 0.895. The van der Waals surface area contributed by atoms with Gasteiger partial charge in [-0.25, -0.2) is 0 Å². The largest absolute Gasteiger partial charge is 0.366 e. The van der Waals surface area contributed by atoms with Gasteiger partial charge in [-0.05, 0) is 66.2 Å². The van der Waals surface area contributed by atoms with E-state index in [1.54, 1.807) is 0 Å². The SMILES string of the molecule is CC(C)(NC(=O)C1CCC2(C)OC2C1)NC(=O)C1CCC2(C)OC2C1. The van der Waals surface area contributed by atoms with Crippen molar-refractivity contribution < 1.29 is 19.1 Å². The summed E-state index contributed by atoms with van der Waals surface area (Å²) in [6, 6.07) is 0. The Morgan fingerprint density at radius 2 is 1.28 bits per heavy atom. The van der Waals surface area contributed by atoms with Crippen LogP contribution >= 0.6 is 0 Å². The van der Waals surface area contributed by atoms with Crippen molar-refractivity contribution in [3.05, 3.63) is 0 Å². The Bertz CT molecular complexity index is 556. The van der Waals surface area contributed by atoms with Crippen molar-refractivity contribution in [1.29, 1.82) is 0 Å². The molecule has 6 heteroatoms. The molecule has 6 unspecified atom stereocenters. The van der Waals surface area contributed by atoms with Gasteiger partial charge < -0.3 is 20.1 Å². The van der Waals surface area contributed by atoms with Gasteiger partial charge in [-0.2, -0.15) is 0 Å². The van der Waals surface area contributed by atoms with E-state index < -0.39 is 5.66 Å². The summed E-state index contributed by atoms with van der Waals surface area (Å²) >= 11 is 0. The van der Waals surface area contributed by atoms with Crippen LogP contribution in [0, 0.1) is 11.8 Å². The summed E-state index contributed by atoms with van der Waals surface area (Å²) in [7, 11) is 0. The molecule has 2 amide bonds. The van der Waals surface area contributed by atoms with Gasteiger partial charge in [-0.3, -0.25) is 9.59 Å². The molecular weight excluding hydrogens is 320 g/mol. The highest BCUT2D eigenvalue weighted by Crippen LogP contribution is 2.50. The quantitative estimate of drug-likeness (QED) is 0.599. The minimum atomic E-state index is -0.746. The second-order valence-corrected chi connectivity index (χ2v) is 9.38. The number of amides is 2. The molecule has 0 aromatic heterocycles. The summed E-state index contributed by atoms with van der Waals surface area (Å²) in [6.07, 6.45) is 5.59. The average molecular weight is 350 g/mol. The molecule has 0 aromatic carbocycles. The van der Waals surface area contributed by atoms with Crippen LogP contribution in [0.4, 0.5) is 0 Å². The number of hydrogen-bond acceptors (Lipinski definition) is 4. The van der Waals surface area contributed by atoms with E-state index >= 15 is 0 Å². The minimum Gasteiger partial charge on any atom is -0.366 e. The van der Waals surface area contributed by atoms with Crippen molar-refractivity contribution in [2.24, 2.45) is 11.8 Å². The van der Waals surface area contributed by atoms with E-state index in [9.17, 15) is 9.59 Å². The van der Waals surface area contributed by atoms with Crippen LogP contribution in [0.5, 0.6) is 0 Å². The van der Waals surface area contributed by atoms with Gasteiger partial charge in [0.2, 0.25) is 11.8 Å². The molecule has 2 N–H and O–H groups in total. The number of fused-ring (bicyclic) bond motifs is 2. The lowest BCUT2D eigenvalue weighted by atomic mass is 9.82. The minimum absolute atomic E-state index is 0.0148. The fourth-order valence-corrected chi connectivity index (χ4v) is 4.62. The molecule has 140 valence electrons. The Labute approximate surface area is 149 Å². The van der Waals surface area contributed by atoms with Crippen LogP contribution in [0.25, 0.3) is 0 Å². The normalized spacial score (nSPS) is 45.0. The molecule has 4 fully saturated rings. The maximum atomic E-state index is 12.6. The Morgan fingerprint density at radius 1 is 0.880 bits per heavy atom. The molecule has 2 heterocycles. The van der Waals surface area contributed by atoms with Crippen LogP contribution < -0.4 is 10.6 Å². The second-order valence-electron chi connectivity index (χ2n) is 9.38. The molecule has 2 saturated carbocycles. The number of hydrogen-bond donors (Lipinski definition) is 2. The van der Waals surface area contributed by atoms with Gasteiger partial charge in [0.1, 0.15) is 5.66 Å². The van der Waals surface area contributed by atoms with Gasteiger partial charge in [-0.1, -0.05) is 0 Å². The summed E-state index contributed by atoms with van der Waals surface area (Å²) in [6.45, 7) is 7.94. The summed E-state index contributed by atoms with van der Waals surface area (Å²) in [5.74, 6) is -0.00630. The van der Waals surface area contributed by atoms with Gasteiger partial charge in [0.05, 0.1) is 23.4 Å². The van der Waals surface area contributed by atoms with Crippen molar-refractivity contribution in [1.82, 2.24) is 10.6 Å². The first-order valence-corrected chi connectivity index (χ1v) is 9.60. The zero-order valence-corrected chi connectivity index (χ0v) is 15.7. The number of ether oxygens (including phenoxy) is 2. The maximum absolute atomic E-state index is 12.6. The average Bonchev–Trinajstić information content (AvgIpc) is 3.37. The summed E-state index contributed by atoms with van der Waals surface area (Å²) < 4.78 is 11.4. The zero-order chi connectivity index (χ0) is 18.0. The molecule has 2 aliphatic heterocycles. The van der Waals surface area contributed by atoms with Gasteiger partial charge in [0.15, 0.2) is 0 Å². The predicted molar refractivity (Wildman–Crippen MR) is 91.6 cm³/mol. The summed E-state index contributed by atoms with van der Waals surface area (Å²) in [4.78, 5) is 25.2. The van der Waals surface area contributed by atoms with Crippen LogP contribution in [0.3, 0.4) is 0 Å². The highest BCUT2D eigenvalue weighted by atomic mass is 16.6. The highest BCUT2D eigenvalue weighted by Gasteiger charge is 2.57. The number of rotatable bonds is 4. The molecule has 0 radical (unpaired) electrons. The van der Waals surface area contributed by atoms with E-state index in [1.807, 2.05) is 13.8 Å². The predicted octanol–water partition coefficient (Wildman–Crippen LogP) is 1.87.